The van der Waals surface area contributed by atoms with Gasteiger partial charge in [-0.2, -0.15) is 5.10 Å². The normalized spacial score (nSPS) is 10.5. The Labute approximate surface area is 119 Å². The Hall–Kier alpha value is -1.69. The number of hydrogen-bond donors (Lipinski definition) is 0. The summed E-state index contributed by atoms with van der Waals surface area (Å²) in [5.74, 6) is -0.484. The van der Waals surface area contributed by atoms with Crippen molar-refractivity contribution in [2.45, 2.75) is 6.54 Å². The van der Waals surface area contributed by atoms with E-state index in [2.05, 4.69) is 21.0 Å². The lowest BCUT2D eigenvalue weighted by Gasteiger charge is -2.17. The van der Waals surface area contributed by atoms with Gasteiger partial charge in [-0.05, 0) is 39.7 Å². The van der Waals surface area contributed by atoms with Crippen molar-refractivity contribution in [2.75, 3.05) is 7.05 Å². The van der Waals surface area contributed by atoms with E-state index in [1.807, 2.05) is 0 Å². The number of carbonyl (C=O) groups is 1. The molecule has 0 saturated carbocycles. The molecule has 0 atom stereocenters. The third-order valence-corrected chi connectivity index (χ3v) is 3.43. The Balaban J connectivity index is 2.13. The number of nitrogens with zero attached hydrogens (tertiary/aromatic N) is 3. The van der Waals surface area contributed by atoms with Gasteiger partial charge in [0.15, 0.2) is 0 Å². The lowest BCUT2D eigenvalue weighted by atomic mass is 10.2. The van der Waals surface area contributed by atoms with Crippen LogP contribution in [0.25, 0.3) is 0 Å². The van der Waals surface area contributed by atoms with Crippen LogP contribution in [-0.4, -0.2) is 27.6 Å². The molecule has 0 unspecified atom stereocenters. The molecule has 0 spiro atoms. The topological polar surface area (TPSA) is 38.1 Å². The van der Waals surface area contributed by atoms with Crippen molar-refractivity contribution < 1.29 is 9.18 Å². The molecular weight excluding hydrogens is 313 g/mol. The van der Waals surface area contributed by atoms with E-state index in [1.165, 1.54) is 15.6 Å². The van der Waals surface area contributed by atoms with E-state index >= 15 is 0 Å². The zero-order chi connectivity index (χ0) is 14.0. The van der Waals surface area contributed by atoms with Gasteiger partial charge in [0.1, 0.15) is 11.5 Å². The Kier molecular flexibility index (Phi) is 3.99. The highest BCUT2D eigenvalue weighted by Crippen LogP contribution is 2.17. The van der Waals surface area contributed by atoms with Gasteiger partial charge in [0, 0.05) is 26.8 Å². The lowest BCUT2D eigenvalue weighted by molar-refractivity contribution is 0.0774. The molecular formula is C13H13BrFN3O. The molecule has 0 radical (unpaired) electrons. The highest BCUT2D eigenvalue weighted by molar-refractivity contribution is 9.10. The molecule has 1 aromatic carbocycles. The summed E-state index contributed by atoms with van der Waals surface area (Å²) in [6.45, 7) is 0.341. The van der Waals surface area contributed by atoms with Crippen molar-refractivity contribution in [1.82, 2.24) is 14.7 Å². The predicted molar refractivity (Wildman–Crippen MR) is 73.1 cm³/mol. The Morgan fingerprint density at radius 1 is 1.47 bits per heavy atom. The van der Waals surface area contributed by atoms with Crippen LogP contribution in [0.1, 0.15) is 16.1 Å². The summed E-state index contributed by atoms with van der Waals surface area (Å²) in [4.78, 5) is 13.7. The van der Waals surface area contributed by atoms with Crippen LogP contribution < -0.4 is 0 Å². The summed E-state index contributed by atoms with van der Waals surface area (Å²) in [5, 5.41) is 3.96. The number of hydrogen-bond acceptors (Lipinski definition) is 2. The van der Waals surface area contributed by atoms with Crippen molar-refractivity contribution in [3.8, 4) is 0 Å². The van der Waals surface area contributed by atoms with Crippen molar-refractivity contribution in [1.29, 1.82) is 0 Å². The first-order chi connectivity index (χ1) is 8.99. The molecule has 0 saturated heterocycles. The average Bonchev–Trinajstić information content (AvgIpc) is 2.79. The van der Waals surface area contributed by atoms with Gasteiger partial charge in [-0.3, -0.25) is 9.48 Å². The van der Waals surface area contributed by atoms with Crippen LogP contribution in [0, 0.1) is 5.82 Å². The van der Waals surface area contributed by atoms with Crippen LogP contribution in [0.3, 0.4) is 0 Å². The Morgan fingerprint density at radius 3 is 2.79 bits per heavy atom. The molecule has 0 aliphatic rings. The van der Waals surface area contributed by atoms with Crippen molar-refractivity contribution in [2.24, 2.45) is 7.05 Å². The monoisotopic (exact) mass is 325 g/mol. The van der Waals surface area contributed by atoms with Gasteiger partial charge in [-0.1, -0.05) is 6.07 Å². The van der Waals surface area contributed by atoms with Crippen molar-refractivity contribution >= 4 is 21.8 Å². The Bertz CT molecular complexity index is 612. The summed E-state index contributed by atoms with van der Waals surface area (Å²) in [6, 6.07) is 6.48. The van der Waals surface area contributed by atoms with E-state index in [9.17, 15) is 9.18 Å². The molecule has 6 heteroatoms. The number of halogens is 2. The molecule has 100 valence electrons. The van der Waals surface area contributed by atoms with Crippen LogP contribution in [0.2, 0.25) is 0 Å². The van der Waals surface area contributed by atoms with Crippen LogP contribution in [-0.2, 0) is 13.6 Å². The maximum absolute atomic E-state index is 13.4. The molecule has 19 heavy (non-hydrogen) atoms. The number of carbonyl (C=O) groups excluding carboxylic acids is 1. The fraction of sp³-hybridized carbons (Fsp3) is 0.231. The minimum atomic E-state index is -0.334. The third-order valence-electron chi connectivity index (χ3n) is 2.79. The second-order valence-electron chi connectivity index (χ2n) is 4.25. The molecule has 0 aliphatic heterocycles. The number of aromatic nitrogens is 2. The predicted octanol–water partition coefficient (Wildman–Crippen LogP) is 2.59. The summed E-state index contributed by atoms with van der Waals surface area (Å²) < 4.78 is 15.3. The van der Waals surface area contributed by atoms with Gasteiger partial charge in [-0.25, -0.2) is 4.39 Å². The summed E-state index contributed by atoms with van der Waals surface area (Å²) in [6.07, 6.45) is 1.57. The van der Waals surface area contributed by atoms with Crippen LogP contribution in [0.4, 0.5) is 4.39 Å². The lowest BCUT2D eigenvalue weighted by Crippen LogP contribution is -2.28. The van der Waals surface area contributed by atoms with E-state index in [4.69, 9.17) is 0 Å². The van der Waals surface area contributed by atoms with E-state index in [1.54, 1.807) is 38.5 Å². The second-order valence-corrected chi connectivity index (χ2v) is 5.10. The first-order valence-corrected chi connectivity index (χ1v) is 6.45. The summed E-state index contributed by atoms with van der Waals surface area (Å²) in [5.41, 5.74) is 1.24. The van der Waals surface area contributed by atoms with Crippen LogP contribution in [0.5, 0.6) is 0 Å². The maximum Gasteiger partial charge on any atom is 0.272 e. The minimum absolute atomic E-state index is 0.150. The molecule has 0 bridgehead atoms. The SMILES string of the molecule is CN(Cc1ccc(Br)c(F)c1)C(=O)c1ccnn1C. The van der Waals surface area contributed by atoms with Crippen molar-refractivity contribution in [3.05, 3.63) is 52.0 Å². The van der Waals surface area contributed by atoms with Gasteiger partial charge < -0.3 is 4.90 Å². The fourth-order valence-corrected chi connectivity index (χ4v) is 2.01. The molecule has 2 rings (SSSR count). The number of benzene rings is 1. The van der Waals surface area contributed by atoms with E-state index in [0.717, 1.165) is 5.56 Å². The summed E-state index contributed by atoms with van der Waals surface area (Å²) in [7, 11) is 3.38. The molecule has 1 amide bonds. The maximum atomic E-state index is 13.4. The minimum Gasteiger partial charge on any atom is -0.336 e. The highest BCUT2D eigenvalue weighted by atomic mass is 79.9. The second kappa shape index (κ2) is 5.52. The van der Waals surface area contributed by atoms with Crippen LogP contribution >= 0.6 is 15.9 Å². The first kappa shape index (κ1) is 13.7. The summed E-state index contributed by atoms with van der Waals surface area (Å²) >= 11 is 3.10. The van der Waals surface area contributed by atoms with E-state index in [0.29, 0.717) is 16.7 Å². The van der Waals surface area contributed by atoms with Crippen molar-refractivity contribution in [3.63, 3.8) is 0 Å². The number of amides is 1. The van der Waals surface area contributed by atoms with Gasteiger partial charge in [0.2, 0.25) is 0 Å². The quantitative estimate of drug-likeness (QED) is 0.870. The molecule has 0 N–H and O–H groups in total. The number of rotatable bonds is 3. The van der Waals surface area contributed by atoms with Crippen LogP contribution in [0.15, 0.2) is 34.9 Å². The fourth-order valence-electron chi connectivity index (χ4n) is 1.76. The van der Waals surface area contributed by atoms with E-state index < -0.39 is 0 Å². The average molecular weight is 326 g/mol. The Morgan fingerprint density at radius 2 is 2.21 bits per heavy atom. The standard InChI is InChI=1S/C13H13BrFN3O/c1-17(13(19)12-5-6-16-18(12)2)8-9-3-4-10(14)11(15)7-9/h3-7H,8H2,1-2H3. The van der Waals surface area contributed by atoms with Gasteiger partial charge in [0.25, 0.3) is 5.91 Å². The first-order valence-electron chi connectivity index (χ1n) is 5.66. The third kappa shape index (κ3) is 3.01. The van der Waals surface area contributed by atoms with E-state index in [-0.39, 0.29) is 11.7 Å². The molecule has 0 fully saturated rings. The molecule has 4 nitrogen and oxygen atoms in total. The smallest absolute Gasteiger partial charge is 0.272 e. The van der Waals surface area contributed by atoms with Gasteiger partial charge >= 0.3 is 0 Å². The zero-order valence-corrected chi connectivity index (χ0v) is 12.2. The molecule has 0 aliphatic carbocycles. The highest BCUT2D eigenvalue weighted by Gasteiger charge is 2.15. The zero-order valence-electron chi connectivity index (χ0n) is 10.6. The molecule has 1 heterocycles. The van der Waals surface area contributed by atoms with Gasteiger partial charge in [0.05, 0.1) is 4.47 Å². The molecule has 1 aromatic heterocycles. The molecule has 2 aromatic rings. The number of aryl methyl sites for hydroxylation is 1. The van der Waals surface area contributed by atoms with Gasteiger partial charge in [-0.15, -0.1) is 0 Å². The largest absolute Gasteiger partial charge is 0.336 e.